The summed E-state index contributed by atoms with van der Waals surface area (Å²) >= 11 is 0. The Bertz CT molecular complexity index is 124. The molecule has 0 amide bonds. The molecule has 0 aliphatic heterocycles. The molecule has 0 aromatic heterocycles. The van der Waals surface area contributed by atoms with Crippen molar-refractivity contribution in [1.82, 2.24) is 0 Å². The van der Waals surface area contributed by atoms with Gasteiger partial charge < -0.3 is 0 Å². The molecular weight excluding hydrogens is 168 g/mol. The van der Waals surface area contributed by atoms with Gasteiger partial charge in [0.15, 0.2) is 0 Å². The fourth-order valence-corrected chi connectivity index (χ4v) is 2.00. The molecule has 0 saturated heterocycles. The Morgan fingerprint density at radius 1 is 1.14 bits per heavy atom. The first-order chi connectivity index (χ1) is 6.52. The molecule has 85 valence electrons. The second kappa shape index (κ2) is 7.31. The lowest BCUT2D eigenvalue weighted by Gasteiger charge is -2.26. The number of unbranched alkanes of at least 4 members (excludes halogenated alkanes) is 1. The Balaban J connectivity index is 3.63. The zero-order valence-corrected chi connectivity index (χ0v) is 10.7. The summed E-state index contributed by atoms with van der Waals surface area (Å²) in [6.45, 7) is 13.4. The first-order valence-electron chi connectivity index (χ1n) is 6.31. The van der Waals surface area contributed by atoms with Gasteiger partial charge in [0.05, 0.1) is 0 Å². The molecular formula is C14H29. The summed E-state index contributed by atoms with van der Waals surface area (Å²) in [7, 11) is 0. The number of hydrogen-bond donors (Lipinski definition) is 0. The van der Waals surface area contributed by atoms with Crippen LogP contribution >= 0.6 is 0 Å². The molecule has 0 spiro atoms. The zero-order valence-electron chi connectivity index (χ0n) is 10.7. The zero-order chi connectivity index (χ0) is 11.0. The van der Waals surface area contributed by atoms with Crippen LogP contribution in [-0.2, 0) is 0 Å². The Labute approximate surface area is 91.5 Å². The molecule has 1 atom stereocenters. The Hall–Kier alpha value is 0. The van der Waals surface area contributed by atoms with E-state index in [-0.39, 0.29) is 0 Å². The van der Waals surface area contributed by atoms with Gasteiger partial charge in [-0.05, 0) is 24.2 Å². The van der Waals surface area contributed by atoms with Gasteiger partial charge in [0.1, 0.15) is 0 Å². The molecule has 0 nitrogen and oxygen atoms in total. The molecule has 0 aromatic rings. The van der Waals surface area contributed by atoms with Crippen molar-refractivity contribution < 1.29 is 0 Å². The summed E-state index contributed by atoms with van der Waals surface area (Å²) in [6, 6.07) is 0. The average Bonchev–Trinajstić information content (AvgIpc) is 2.13. The van der Waals surface area contributed by atoms with Crippen LogP contribution in [0.2, 0.25) is 0 Å². The quantitative estimate of drug-likeness (QED) is 0.499. The molecule has 0 aromatic carbocycles. The van der Waals surface area contributed by atoms with E-state index in [0.717, 1.165) is 12.3 Å². The van der Waals surface area contributed by atoms with E-state index in [1.165, 1.54) is 38.5 Å². The smallest absolute Gasteiger partial charge is 0.0354 e. The van der Waals surface area contributed by atoms with E-state index in [4.69, 9.17) is 0 Å². The van der Waals surface area contributed by atoms with Gasteiger partial charge in [0.25, 0.3) is 0 Å². The highest BCUT2D eigenvalue weighted by atomic mass is 14.2. The van der Waals surface area contributed by atoms with E-state index >= 15 is 0 Å². The molecule has 14 heavy (non-hydrogen) atoms. The summed E-state index contributed by atoms with van der Waals surface area (Å²) in [4.78, 5) is 0. The highest BCUT2D eigenvalue weighted by Crippen LogP contribution is 2.31. The van der Waals surface area contributed by atoms with E-state index in [1.54, 1.807) is 0 Å². The molecule has 0 N–H and O–H groups in total. The van der Waals surface area contributed by atoms with Gasteiger partial charge in [-0.2, -0.15) is 0 Å². The lowest BCUT2D eigenvalue weighted by molar-refractivity contribution is 0.267. The molecule has 0 aliphatic rings. The average molecular weight is 197 g/mol. The highest BCUT2D eigenvalue weighted by Gasteiger charge is 2.17. The maximum atomic E-state index is 3.91. The standard InChI is InChI=1S/C14H29/c1-6-8-11-14(4,5)12-10-13(3)9-7-2/h13H,1,6-12H2,2-5H3. The van der Waals surface area contributed by atoms with E-state index < -0.39 is 0 Å². The Morgan fingerprint density at radius 2 is 1.79 bits per heavy atom. The largest absolute Gasteiger partial charge is 0.0654 e. The first-order valence-corrected chi connectivity index (χ1v) is 6.31. The summed E-state index contributed by atoms with van der Waals surface area (Å²) < 4.78 is 0. The fraction of sp³-hybridized carbons (Fsp3) is 0.929. The topological polar surface area (TPSA) is 0 Å². The van der Waals surface area contributed by atoms with Crippen LogP contribution in [0.15, 0.2) is 0 Å². The van der Waals surface area contributed by atoms with Gasteiger partial charge >= 0.3 is 0 Å². The van der Waals surface area contributed by atoms with Crippen LogP contribution in [0, 0.1) is 18.3 Å². The third-order valence-corrected chi connectivity index (χ3v) is 3.20. The molecule has 0 rings (SSSR count). The summed E-state index contributed by atoms with van der Waals surface area (Å²) in [6.07, 6.45) is 9.23. The SMILES string of the molecule is [CH2]CCCC(C)(C)CCC(C)CCC. The molecule has 0 bridgehead atoms. The van der Waals surface area contributed by atoms with Crippen molar-refractivity contribution in [2.45, 2.75) is 72.6 Å². The van der Waals surface area contributed by atoms with Gasteiger partial charge in [0.2, 0.25) is 0 Å². The summed E-state index contributed by atoms with van der Waals surface area (Å²) in [5.74, 6) is 0.916. The molecule has 1 unspecified atom stereocenters. The van der Waals surface area contributed by atoms with Crippen molar-refractivity contribution in [2.75, 3.05) is 0 Å². The predicted octanol–water partition coefficient (Wildman–Crippen LogP) is 5.23. The maximum absolute atomic E-state index is 3.91. The van der Waals surface area contributed by atoms with Gasteiger partial charge in [-0.25, -0.2) is 0 Å². The molecule has 0 aliphatic carbocycles. The molecule has 0 heteroatoms. The van der Waals surface area contributed by atoms with Crippen molar-refractivity contribution in [1.29, 1.82) is 0 Å². The van der Waals surface area contributed by atoms with Crippen molar-refractivity contribution in [2.24, 2.45) is 11.3 Å². The normalized spacial score (nSPS) is 14.4. The van der Waals surface area contributed by atoms with Gasteiger partial charge in [-0.15, -0.1) is 0 Å². The minimum atomic E-state index is 0.541. The van der Waals surface area contributed by atoms with Gasteiger partial charge in [-0.3, -0.25) is 0 Å². The second-order valence-electron chi connectivity index (χ2n) is 5.55. The number of rotatable bonds is 8. The van der Waals surface area contributed by atoms with Gasteiger partial charge in [0, 0.05) is 0 Å². The second-order valence-corrected chi connectivity index (χ2v) is 5.55. The third kappa shape index (κ3) is 7.41. The lowest BCUT2D eigenvalue weighted by Crippen LogP contribution is -2.12. The van der Waals surface area contributed by atoms with Crippen LogP contribution in [0.4, 0.5) is 0 Å². The predicted molar refractivity (Wildman–Crippen MR) is 66.3 cm³/mol. The van der Waals surface area contributed by atoms with E-state index in [2.05, 4.69) is 34.6 Å². The van der Waals surface area contributed by atoms with Crippen molar-refractivity contribution >= 4 is 0 Å². The molecule has 0 heterocycles. The van der Waals surface area contributed by atoms with Crippen LogP contribution in [0.3, 0.4) is 0 Å². The minimum Gasteiger partial charge on any atom is -0.0654 e. The maximum Gasteiger partial charge on any atom is -0.0354 e. The highest BCUT2D eigenvalue weighted by molar-refractivity contribution is 4.70. The van der Waals surface area contributed by atoms with Crippen molar-refractivity contribution in [3.05, 3.63) is 6.92 Å². The van der Waals surface area contributed by atoms with Crippen LogP contribution < -0.4 is 0 Å². The van der Waals surface area contributed by atoms with Crippen LogP contribution in [0.1, 0.15) is 72.6 Å². The van der Waals surface area contributed by atoms with E-state index in [0.29, 0.717) is 5.41 Å². The lowest BCUT2D eigenvalue weighted by atomic mass is 9.80. The van der Waals surface area contributed by atoms with Crippen molar-refractivity contribution in [3.8, 4) is 0 Å². The summed E-state index contributed by atoms with van der Waals surface area (Å²) in [5, 5.41) is 0. The summed E-state index contributed by atoms with van der Waals surface area (Å²) in [5.41, 5.74) is 0.541. The number of hydrogen-bond acceptors (Lipinski definition) is 0. The Kier molecular flexibility index (Phi) is 7.31. The molecule has 0 saturated carbocycles. The van der Waals surface area contributed by atoms with E-state index in [1.807, 2.05) is 0 Å². The van der Waals surface area contributed by atoms with Crippen molar-refractivity contribution in [3.63, 3.8) is 0 Å². The van der Waals surface area contributed by atoms with E-state index in [9.17, 15) is 0 Å². The minimum absolute atomic E-state index is 0.541. The van der Waals surface area contributed by atoms with Crippen LogP contribution in [0.5, 0.6) is 0 Å². The monoisotopic (exact) mass is 197 g/mol. The molecule has 1 radical (unpaired) electrons. The third-order valence-electron chi connectivity index (χ3n) is 3.20. The van der Waals surface area contributed by atoms with Crippen LogP contribution in [0.25, 0.3) is 0 Å². The fourth-order valence-electron chi connectivity index (χ4n) is 2.00. The molecule has 0 fully saturated rings. The Morgan fingerprint density at radius 3 is 2.29 bits per heavy atom. The van der Waals surface area contributed by atoms with Gasteiger partial charge in [-0.1, -0.05) is 66.7 Å². The first kappa shape index (κ1) is 14.0. The van der Waals surface area contributed by atoms with Crippen LogP contribution in [-0.4, -0.2) is 0 Å².